The summed E-state index contributed by atoms with van der Waals surface area (Å²) in [4.78, 5) is 12.2. The molecule has 1 fully saturated rings. The van der Waals surface area contributed by atoms with Crippen molar-refractivity contribution in [3.05, 3.63) is 36.1 Å². The van der Waals surface area contributed by atoms with Crippen LogP contribution >= 0.6 is 0 Å². The summed E-state index contributed by atoms with van der Waals surface area (Å²) < 4.78 is 10.6. The molecule has 0 amide bonds. The number of para-hydroxylation sites is 1. The molecular weight excluding hydrogens is 228 g/mol. The monoisotopic (exact) mass is 244 g/mol. The molecule has 3 rings (SSSR count). The van der Waals surface area contributed by atoms with Gasteiger partial charge in [-0.25, -0.2) is 0 Å². The first kappa shape index (κ1) is 11.3. The molecule has 1 aliphatic carbocycles. The fraction of sp³-hybridized carbons (Fsp3) is 0.400. The molecule has 1 aromatic heterocycles. The molecule has 1 aromatic carbocycles. The van der Waals surface area contributed by atoms with Gasteiger partial charge in [0.1, 0.15) is 11.0 Å². The number of methoxy groups -OCH3 is 1. The molecule has 18 heavy (non-hydrogen) atoms. The lowest BCUT2D eigenvalue weighted by atomic mass is 9.87. The van der Waals surface area contributed by atoms with Crippen molar-refractivity contribution in [3.8, 4) is 0 Å². The Kier molecular flexibility index (Phi) is 2.12. The van der Waals surface area contributed by atoms with Crippen LogP contribution in [0, 0.1) is 5.41 Å². The molecule has 0 N–H and O–H groups in total. The van der Waals surface area contributed by atoms with Gasteiger partial charge in [0.05, 0.1) is 13.4 Å². The molecule has 0 radical (unpaired) electrons. The number of ether oxygens (including phenoxy) is 1. The van der Waals surface area contributed by atoms with Crippen molar-refractivity contribution < 1.29 is 13.9 Å². The number of esters is 1. The van der Waals surface area contributed by atoms with Crippen molar-refractivity contribution in [1.29, 1.82) is 0 Å². The molecule has 0 bridgehead atoms. The van der Waals surface area contributed by atoms with Gasteiger partial charge in [-0.3, -0.25) is 4.79 Å². The average molecular weight is 244 g/mol. The van der Waals surface area contributed by atoms with E-state index in [9.17, 15) is 4.79 Å². The smallest absolute Gasteiger partial charge is 0.316 e. The number of fused-ring (bicyclic) bond motifs is 1. The van der Waals surface area contributed by atoms with Gasteiger partial charge in [0.2, 0.25) is 0 Å². The zero-order valence-electron chi connectivity index (χ0n) is 10.8. The third-order valence-electron chi connectivity index (χ3n) is 4.21. The van der Waals surface area contributed by atoms with Crippen molar-refractivity contribution in [2.45, 2.75) is 25.7 Å². The highest BCUT2D eigenvalue weighted by molar-refractivity contribution is 5.95. The van der Waals surface area contributed by atoms with Gasteiger partial charge < -0.3 is 9.15 Å². The molecule has 2 aromatic rings. The fourth-order valence-electron chi connectivity index (χ4n) is 3.02. The van der Waals surface area contributed by atoms with E-state index >= 15 is 0 Å². The van der Waals surface area contributed by atoms with Crippen LogP contribution in [0.4, 0.5) is 0 Å². The number of carbonyl (C=O) groups is 1. The molecular formula is C15H16O3. The largest absolute Gasteiger partial charge is 0.468 e. The lowest BCUT2D eigenvalue weighted by molar-refractivity contribution is -0.144. The lowest BCUT2D eigenvalue weighted by Crippen LogP contribution is -2.27. The van der Waals surface area contributed by atoms with E-state index in [0.717, 1.165) is 23.0 Å². The van der Waals surface area contributed by atoms with Crippen LogP contribution in [-0.2, 0) is 14.9 Å². The van der Waals surface area contributed by atoms with Gasteiger partial charge in [-0.15, -0.1) is 0 Å². The molecule has 0 aliphatic heterocycles. The maximum absolute atomic E-state index is 12.2. The Labute approximate surface area is 106 Å². The van der Waals surface area contributed by atoms with Gasteiger partial charge in [-0.2, -0.15) is 0 Å². The van der Waals surface area contributed by atoms with Gasteiger partial charge in [-0.05, 0) is 17.9 Å². The molecule has 1 heterocycles. The molecule has 1 aliphatic rings. The molecule has 1 unspecified atom stereocenters. The average Bonchev–Trinajstić information content (AvgIpc) is 2.75. The lowest BCUT2D eigenvalue weighted by Gasteiger charge is -2.16. The topological polar surface area (TPSA) is 39.4 Å². The highest BCUT2D eigenvalue weighted by atomic mass is 16.5. The first-order valence-electron chi connectivity index (χ1n) is 6.08. The quantitative estimate of drug-likeness (QED) is 0.761. The molecule has 94 valence electrons. The minimum Gasteiger partial charge on any atom is -0.468 e. The highest BCUT2D eigenvalue weighted by Gasteiger charge is 2.69. The predicted octanol–water partition coefficient (Wildman–Crippen LogP) is 3.27. The third-order valence-corrected chi connectivity index (χ3v) is 4.21. The predicted molar refractivity (Wildman–Crippen MR) is 68.3 cm³/mol. The zero-order chi connectivity index (χ0) is 13.0. The molecule has 1 saturated carbocycles. The maximum atomic E-state index is 12.2. The Bertz CT molecular complexity index is 623. The van der Waals surface area contributed by atoms with Crippen LogP contribution in [0.5, 0.6) is 0 Å². The summed E-state index contributed by atoms with van der Waals surface area (Å²) in [6.07, 6.45) is 2.51. The molecule has 1 atom stereocenters. The van der Waals surface area contributed by atoms with E-state index in [4.69, 9.17) is 9.15 Å². The van der Waals surface area contributed by atoms with Gasteiger partial charge in [0, 0.05) is 10.9 Å². The highest BCUT2D eigenvalue weighted by Crippen LogP contribution is 2.66. The van der Waals surface area contributed by atoms with Crippen molar-refractivity contribution in [2.75, 3.05) is 7.11 Å². The molecule has 3 heteroatoms. The number of benzene rings is 1. The normalized spacial score (nSPS) is 25.1. The minimum absolute atomic E-state index is 0.0766. The van der Waals surface area contributed by atoms with E-state index in [2.05, 4.69) is 13.8 Å². The van der Waals surface area contributed by atoms with Gasteiger partial charge in [0.25, 0.3) is 0 Å². The van der Waals surface area contributed by atoms with Crippen LogP contribution in [0.3, 0.4) is 0 Å². The van der Waals surface area contributed by atoms with Crippen LogP contribution in [-0.4, -0.2) is 13.1 Å². The van der Waals surface area contributed by atoms with Crippen LogP contribution in [0.2, 0.25) is 0 Å². The summed E-state index contributed by atoms with van der Waals surface area (Å²) in [5, 5.41) is 1.01. The Morgan fingerprint density at radius 2 is 2.00 bits per heavy atom. The number of rotatable bonds is 2. The number of hydrogen-bond donors (Lipinski definition) is 0. The van der Waals surface area contributed by atoms with Crippen LogP contribution in [0.25, 0.3) is 11.0 Å². The van der Waals surface area contributed by atoms with E-state index in [-0.39, 0.29) is 11.4 Å². The second kappa shape index (κ2) is 3.37. The van der Waals surface area contributed by atoms with Crippen molar-refractivity contribution in [3.63, 3.8) is 0 Å². The summed E-state index contributed by atoms with van der Waals surface area (Å²) >= 11 is 0. The van der Waals surface area contributed by atoms with Crippen molar-refractivity contribution >= 4 is 16.9 Å². The SMILES string of the molecule is COC(=O)C1(c2coc3ccccc23)CC1(C)C. The maximum Gasteiger partial charge on any atom is 0.316 e. The number of hydrogen-bond acceptors (Lipinski definition) is 3. The van der Waals surface area contributed by atoms with Crippen molar-refractivity contribution in [1.82, 2.24) is 0 Å². The summed E-state index contributed by atoms with van der Waals surface area (Å²) in [6, 6.07) is 7.80. The number of furan rings is 1. The summed E-state index contributed by atoms with van der Waals surface area (Å²) in [5.41, 5.74) is 1.15. The van der Waals surface area contributed by atoms with Crippen LogP contribution < -0.4 is 0 Å². The summed E-state index contributed by atoms with van der Waals surface area (Å²) in [6.45, 7) is 4.18. The second-order valence-corrected chi connectivity index (χ2v) is 5.60. The second-order valence-electron chi connectivity index (χ2n) is 5.60. The Morgan fingerprint density at radius 1 is 1.33 bits per heavy atom. The van der Waals surface area contributed by atoms with Crippen molar-refractivity contribution in [2.24, 2.45) is 5.41 Å². The van der Waals surface area contributed by atoms with E-state index in [1.807, 2.05) is 24.3 Å². The Hall–Kier alpha value is -1.77. The molecule has 0 saturated heterocycles. The molecule has 3 nitrogen and oxygen atoms in total. The van der Waals surface area contributed by atoms with Crippen LogP contribution in [0.1, 0.15) is 25.8 Å². The van der Waals surface area contributed by atoms with E-state index < -0.39 is 5.41 Å². The fourth-order valence-corrected chi connectivity index (χ4v) is 3.02. The Morgan fingerprint density at radius 3 is 2.61 bits per heavy atom. The zero-order valence-corrected chi connectivity index (χ0v) is 10.8. The Balaban J connectivity index is 2.22. The van der Waals surface area contributed by atoms with E-state index in [0.29, 0.717) is 0 Å². The molecule has 0 spiro atoms. The minimum atomic E-state index is -0.547. The van der Waals surface area contributed by atoms with Gasteiger partial charge >= 0.3 is 5.97 Å². The van der Waals surface area contributed by atoms with Crippen LogP contribution in [0.15, 0.2) is 34.9 Å². The first-order chi connectivity index (χ1) is 8.53. The van der Waals surface area contributed by atoms with Gasteiger partial charge in [-0.1, -0.05) is 32.0 Å². The third kappa shape index (κ3) is 1.22. The van der Waals surface area contributed by atoms with E-state index in [1.54, 1.807) is 6.26 Å². The number of carbonyl (C=O) groups excluding carboxylic acids is 1. The summed E-state index contributed by atoms with van der Waals surface area (Å²) in [5.74, 6) is -0.168. The summed E-state index contributed by atoms with van der Waals surface area (Å²) in [7, 11) is 1.45. The van der Waals surface area contributed by atoms with Gasteiger partial charge in [0.15, 0.2) is 0 Å². The van der Waals surface area contributed by atoms with E-state index in [1.165, 1.54) is 7.11 Å². The first-order valence-corrected chi connectivity index (χ1v) is 6.08. The standard InChI is InChI=1S/C15H16O3/c1-14(2)9-15(14,13(16)17-3)11-8-18-12-7-5-4-6-10(11)12/h4-8H,9H2,1-3H3.